The standard InChI is InChI=1S/C17H27N3O2.ClH/c1-3-20(4-2)17(22)11-8-12-19-16(21)13-15(18)14-9-6-5-7-10-14;/h5-7,9-10,15H,3-4,8,11-13,18H2,1-2H3,(H,19,21);1H. The van der Waals surface area contributed by atoms with Gasteiger partial charge in [-0.15, -0.1) is 12.4 Å². The van der Waals surface area contributed by atoms with Crippen LogP contribution >= 0.6 is 12.4 Å². The molecule has 1 unspecified atom stereocenters. The maximum Gasteiger partial charge on any atom is 0.222 e. The van der Waals surface area contributed by atoms with Crippen molar-refractivity contribution in [3.05, 3.63) is 35.9 Å². The molecule has 0 aliphatic carbocycles. The van der Waals surface area contributed by atoms with Crippen LogP contribution in [0.5, 0.6) is 0 Å². The largest absolute Gasteiger partial charge is 0.356 e. The van der Waals surface area contributed by atoms with E-state index < -0.39 is 0 Å². The van der Waals surface area contributed by atoms with Crippen LogP contribution in [0.25, 0.3) is 0 Å². The summed E-state index contributed by atoms with van der Waals surface area (Å²) in [5.74, 6) is 0.0619. The lowest BCUT2D eigenvalue weighted by atomic mass is 10.0. The maximum atomic E-state index is 11.8. The molecule has 0 spiro atoms. The maximum absolute atomic E-state index is 11.8. The van der Waals surface area contributed by atoms with Gasteiger partial charge in [-0.05, 0) is 25.8 Å². The fourth-order valence-corrected chi connectivity index (χ4v) is 2.29. The number of carbonyl (C=O) groups is 2. The molecule has 1 aromatic rings. The van der Waals surface area contributed by atoms with E-state index >= 15 is 0 Å². The van der Waals surface area contributed by atoms with Crippen molar-refractivity contribution in [2.75, 3.05) is 19.6 Å². The fourth-order valence-electron chi connectivity index (χ4n) is 2.29. The summed E-state index contributed by atoms with van der Waals surface area (Å²) in [6.45, 7) is 5.90. The van der Waals surface area contributed by atoms with Gasteiger partial charge in [0, 0.05) is 38.5 Å². The average molecular weight is 342 g/mol. The van der Waals surface area contributed by atoms with Gasteiger partial charge in [-0.1, -0.05) is 30.3 Å². The number of nitrogens with one attached hydrogen (secondary N) is 1. The Morgan fingerprint density at radius 2 is 1.78 bits per heavy atom. The highest BCUT2D eigenvalue weighted by Crippen LogP contribution is 2.12. The Kier molecular flexibility index (Phi) is 11.1. The van der Waals surface area contributed by atoms with E-state index in [0.717, 1.165) is 18.7 Å². The molecule has 2 amide bonds. The number of hydrogen-bond acceptors (Lipinski definition) is 3. The molecule has 0 heterocycles. The number of rotatable bonds is 9. The lowest BCUT2D eigenvalue weighted by Gasteiger charge is -2.18. The molecule has 0 aliphatic rings. The van der Waals surface area contributed by atoms with Crippen molar-refractivity contribution in [1.29, 1.82) is 0 Å². The molecule has 1 atom stereocenters. The number of benzene rings is 1. The summed E-state index contributed by atoms with van der Waals surface area (Å²) in [5.41, 5.74) is 6.96. The van der Waals surface area contributed by atoms with Gasteiger partial charge in [0.25, 0.3) is 0 Å². The highest BCUT2D eigenvalue weighted by atomic mass is 35.5. The minimum absolute atomic E-state index is 0. The molecule has 3 N–H and O–H groups in total. The van der Waals surface area contributed by atoms with Gasteiger partial charge in [0.05, 0.1) is 0 Å². The SMILES string of the molecule is CCN(CC)C(=O)CCCNC(=O)CC(N)c1ccccc1.Cl. The second-order valence-electron chi connectivity index (χ2n) is 5.24. The molecule has 1 rings (SSSR count). The molecule has 0 fully saturated rings. The van der Waals surface area contributed by atoms with Crippen molar-refractivity contribution < 1.29 is 9.59 Å². The Balaban J connectivity index is 0.00000484. The van der Waals surface area contributed by atoms with Crippen LogP contribution in [-0.4, -0.2) is 36.3 Å². The lowest BCUT2D eigenvalue weighted by Crippen LogP contribution is -2.32. The molecule has 1 aromatic carbocycles. The molecule has 5 nitrogen and oxygen atoms in total. The van der Waals surface area contributed by atoms with E-state index in [2.05, 4.69) is 5.32 Å². The summed E-state index contributed by atoms with van der Waals surface area (Å²) in [7, 11) is 0. The van der Waals surface area contributed by atoms with Gasteiger partial charge >= 0.3 is 0 Å². The van der Waals surface area contributed by atoms with E-state index in [1.54, 1.807) is 4.90 Å². The number of hydrogen-bond donors (Lipinski definition) is 2. The molecule has 6 heteroatoms. The van der Waals surface area contributed by atoms with Gasteiger partial charge < -0.3 is 16.0 Å². The number of carbonyl (C=O) groups excluding carboxylic acids is 2. The molecule has 0 aliphatic heterocycles. The van der Waals surface area contributed by atoms with Crippen molar-refractivity contribution >= 4 is 24.2 Å². The Labute approximate surface area is 145 Å². The highest BCUT2D eigenvalue weighted by molar-refractivity contribution is 5.85. The van der Waals surface area contributed by atoms with E-state index in [1.807, 2.05) is 44.2 Å². The fraction of sp³-hybridized carbons (Fsp3) is 0.529. The third-order valence-electron chi connectivity index (χ3n) is 3.64. The predicted octanol–water partition coefficient (Wildman–Crippen LogP) is 2.26. The smallest absolute Gasteiger partial charge is 0.222 e. The van der Waals surface area contributed by atoms with Crippen molar-refractivity contribution in [2.45, 2.75) is 39.2 Å². The molecule has 0 saturated heterocycles. The van der Waals surface area contributed by atoms with Gasteiger partial charge in [-0.3, -0.25) is 9.59 Å². The van der Waals surface area contributed by atoms with Crippen LogP contribution in [0, 0.1) is 0 Å². The molecule has 0 radical (unpaired) electrons. The zero-order valence-electron chi connectivity index (χ0n) is 14.0. The number of amides is 2. The molecular weight excluding hydrogens is 314 g/mol. The monoisotopic (exact) mass is 341 g/mol. The van der Waals surface area contributed by atoms with E-state index in [9.17, 15) is 9.59 Å². The molecule has 0 saturated carbocycles. The van der Waals surface area contributed by atoms with Crippen molar-refractivity contribution in [1.82, 2.24) is 10.2 Å². The van der Waals surface area contributed by atoms with Crippen LogP contribution in [0.15, 0.2) is 30.3 Å². The second kappa shape index (κ2) is 11.9. The summed E-state index contributed by atoms with van der Waals surface area (Å²) < 4.78 is 0. The third-order valence-corrected chi connectivity index (χ3v) is 3.64. The van der Waals surface area contributed by atoms with E-state index in [-0.39, 0.29) is 36.7 Å². The second-order valence-corrected chi connectivity index (χ2v) is 5.24. The summed E-state index contributed by atoms with van der Waals surface area (Å²) in [6.07, 6.45) is 1.38. The first kappa shape index (κ1) is 21.4. The van der Waals surface area contributed by atoms with Crippen molar-refractivity contribution in [2.24, 2.45) is 5.73 Å². The third kappa shape index (κ3) is 8.00. The first-order valence-electron chi connectivity index (χ1n) is 7.93. The van der Waals surface area contributed by atoms with E-state index in [4.69, 9.17) is 5.73 Å². The van der Waals surface area contributed by atoms with Crippen LogP contribution in [0.1, 0.15) is 44.7 Å². The number of nitrogens with zero attached hydrogens (tertiary/aromatic N) is 1. The Bertz CT molecular complexity index is 464. The highest BCUT2D eigenvalue weighted by Gasteiger charge is 2.12. The van der Waals surface area contributed by atoms with Gasteiger partial charge in [0.15, 0.2) is 0 Å². The van der Waals surface area contributed by atoms with Crippen LogP contribution in [0.4, 0.5) is 0 Å². The molecule has 130 valence electrons. The van der Waals surface area contributed by atoms with Crippen LogP contribution < -0.4 is 11.1 Å². The van der Waals surface area contributed by atoms with Crippen LogP contribution in [-0.2, 0) is 9.59 Å². The molecule has 0 aromatic heterocycles. The normalized spacial score (nSPS) is 11.3. The first-order chi connectivity index (χ1) is 10.6. The summed E-state index contributed by atoms with van der Waals surface area (Å²) in [4.78, 5) is 25.4. The van der Waals surface area contributed by atoms with Crippen LogP contribution in [0.2, 0.25) is 0 Å². The van der Waals surface area contributed by atoms with Crippen molar-refractivity contribution in [3.8, 4) is 0 Å². The van der Waals surface area contributed by atoms with Gasteiger partial charge in [0.1, 0.15) is 0 Å². The Morgan fingerprint density at radius 3 is 2.35 bits per heavy atom. The molecule has 0 bridgehead atoms. The lowest BCUT2D eigenvalue weighted by molar-refractivity contribution is -0.131. The van der Waals surface area contributed by atoms with E-state index in [0.29, 0.717) is 19.4 Å². The Morgan fingerprint density at radius 1 is 1.17 bits per heavy atom. The summed E-state index contributed by atoms with van der Waals surface area (Å²) in [5, 5.41) is 2.82. The number of halogens is 1. The minimum Gasteiger partial charge on any atom is -0.356 e. The zero-order chi connectivity index (χ0) is 16.4. The quantitative estimate of drug-likeness (QED) is 0.676. The van der Waals surface area contributed by atoms with Crippen molar-refractivity contribution in [3.63, 3.8) is 0 Å². The van der Waals surface area contributed by atoms with Gasteiger partial charge in [-0.25, -0.2) is 0 Å². The molecule has 23 heavy (non-hydrogen) atoms. The van der Waals surface area contributed by atoms with Gasteiger partial charge in [0.2, 0.25) is 11.8 Å². The minimum atomic E-state index is -0.293. The summed E-state index contributed by atoms with van der Waals surface area (Å²) >= 11 is 0. The van der Waals surface area contributed by atoms with Crippen LogP contribution in [0.3, 0.4) is 0 Å². The topological polar surface area (TPSA) is 75.4 Å². The number of nitrogens with two attached hydrogens (primary N) is 1. The average Bonchev–Trinajstić information content (AvgIpc) is 2.53. The zero-order valence-corrected chi connectivity index (χ0v) is 14.8. The summed E-state index contributed by atoms with van der Waals surface area (Å²) in [6, 6.07) is 9.28. The van der Waals surface area contributed by atoms with E-state index in [1.165, 1.54) is 0 Å². The molecular formula is C17H28ClN3O2. The van der Waals surface area contributed by atoms with Gasteiger partial charge in [-0.2, -0.15) is 0 Å². The Hall–Kier alpha value is -1.59. The first-order valence-corrected chi connectivity index (χ1v) is 7.93. The predicted molar refractivity (Wildman–Crippen MR) is 95.4 cm³/mol.